The average Bonchev–Trinajstić information content (AvgIpc) is 2.63. The Morgan fingerprint density at radius 1 is 0.893 bits per heavy atom. The van der Waals surface area contributed by atoms with Crippen LogP contribution in [0.5, 0.6) is 0 Å². The molecule has 1 aliphatic heterocycles. The van der Waals surface area contributed by atoms with Crippen molar-refractivity contribution in [1.29, 1.82) is 0 Å². The third-order valence-electron chi connectivity index (χ3n) is 7.99. The highest BCUT2D eigenvalue weighted by Crippen LogP contribution is 2.57. The van der Waals surface area contributed by atoms with Gasteiger partial charge in [0, 0.05) is 36.7 Å². The van der Waals surface area contributed by atoms with E-state index in [2.05, 4.69) is 4.90 Å². The molecule has 0 aromatic heterocycles. The van der Waals surface area contributed by atoms with E-state index in [0.29, 0.717) is 28.5 Å². The van der Waals surface area contributed by atoms with E-state index in [1.54, 1.807) is 16.4 Å². The first-order valence-electron chi connectivity index (χ1n) is 10.8. The van der Waals surface area contributed by atoms with Crippen LogP contribution in [0.2, 0.25) is 5.02 Å². The number of hydrogen-bond donors (Lipinski definition) is 0. The molecule has 6 rings (SSSR count). The number of aryl methyl sites for hydroxylation is 2. The molecule has 154 valence electrons. The molecule has 0 atom stereocenters. The monoisotopic (exact) mass is 422 g/mol. The number of rotatable bonds is 3. The first-order chi connectivity index (χ1) is 13.3. The van der Waals surface area contributed by atoms with Crippen LogP contribution in [0.4, 0.5) is 0 Å². The lowest BCUT2D eigenvalue weighted by Gasteiger charge is -2.61. The van der Waals surface area contributed by atoms with Crippen LogP contribution in [0.25, 0.3) is 0 Å². The van der Waals surface area contributed by atoms with Crippen molar-refractivity contribution >= 4 is 21.6 Å². The SMILES string of the molecule is Cc1cc(S(=O)(=O)N2CCN(C34CC5CC(CC(C5)C3)C4)CC2)c(C)cc1Cl. The summed E-state index contributed by atoms with van der Waals surface area (Å²) in [5.74, 6) is 2.77. The van der Waals surface area contributed by atoms with E-state index in [4.69, 9.17) is 11.6 Å². The van der Waals surface area contributed by atoms with Gasteiger partial charge in [0.15, 0.2) is 0 Å². The second kappa shape index (κ2) is 6.69. The van der Waals surface area contributed by atoms with Gasteiger partial charge in [-0.25, -0.2) is 8.42 Å². The molecule has 0 N–H and O–H groups in total. The molecule has 1 aromatic rings. The predicted molar refractivity (Wildman–Crippen MR) is 112 cm³/mol. The minimum absolute atomic E-state index is 0.372. The first kappa shape index (κ1) is 19.3. The van der Waals surface area contributed by atoms with E-state index in [0.717, 1.165) is 42.0 Å². The van der Waals surface area contributed by atoms with Crippen LogP contribution in [0.15, 0.2) is 17.0 Å². The largest absolute Gasteiger partial charge is 0.295 e. The van der Waals surface area contributed by atoms with Crippen molar-refractivity contribution in [2.75, 3.05) is 26.2 Å². The Balaban J connectivity index is 1.33. The molecule has 0 unspecified atom stereocenters. The van der Waals surface area contributed by atoms with Crippen molar-refractivity contribution < 1.29 is 8.42 Å². The Labute approximate surface area is 174 Å². The van der Waals surface area contributed by atoms with E-state index in [1.807, 2.05) is 13.8 Å². The standard InChI is InChI=1S/C22H31ClN2O2S/c1-15-8-21(16(2)7-20(15)23)28(26,27)25-5-3-24(4-6-25)22-12-17-9-18(13-22)11-19(10-17)14-22/h7-8,17-19H,3-6,9-14H2,1-2H3. The van der Waals surface area contributed by atoms with Crippen LogP contribution in [-0.4, -0.2) is 49.3 Å². The molecule has 1 saturated heterocycles. The number of nitrogens with zero attached hydrogens (tertiary/aromatic N) is 2. The summed E-state index contributed by atoms with van der Waals surface area (Å²) in [6.07, 6.45) is 8.39. The molecule has 5 aliphatic rings. The van der Waals surface area contributed by atoms with Crippen molar-refractivity contribution in [3.8, 4) is 0 Å². The Kier molecular flexibility index (Phi) is 4.63. The van der Waals surface area contributed by atoms with Crippen LogP contribution in [0.1, 0.15) is 49.7 Å². The lowest BCUT2D eigenvalue weighted by molar-refractivity contribution is -0.0964. The van der Waals surface area contributed by atoms with Gasteiger partial charge in [0.25, 0.3) is 0 Å². The fourth-order valence-corrected chi connectivity index (χ4v) is 8.96. The van der Waals surface area contributed by atoms with Crippen LogP contribution in [-0.2, 0) is 10.0 Å². The van der Waals surface area contributed by atoms with Crippen LogP contribution in [0.3, 0.4) is 0 Å². The maximum atomic E-state index is 13.3. The molecular formula is C22H31ClN2O2S. The number of hydrogen-bond acceptors (Lipinski definition) is 3. The molecule has 28 heavy (non-hydrogen) atoms. The minimum atomic E-state index is -3.46. The third-order valence-corrected chi connectivity index (χ3v) is 10.4. The fourth-order valence-electron chi connectivity index (χ4n) is 7.03. The summed E-state index contributed by atoms with van der Waals surface area (Å²) in [4.78, 5) is 3.08. The van der Waals surface area contributed by atoms with Gasteiger partial charge in [-0.05, 0) is 93.4 Å². The predicted octanol–water partition coefficient (Wildman–Crippen LogP) is 4.23. The third kappa shape index (κ3) is 3.05. The zero-order valence-corrected chi connectivity index (χ0v) is 18.5. The maximum absolute atomic E-state index is 13.3. The number of halogens is 1. The highest BCUT2D eigenvalue weighted by atomic mass is 35.5. The highest BCUT2D eigenvalue weighted by molar-refractivity contribution is 7.89. The highest BCUT2D eigenvalue weighted by Gasteiger charge is 2.54. The lowest BCUT2D eigenvalue weighted by Crippen LogP contribution is -2.64. The molecule has 6 heteroatoms. The molecule has 0 spiro atoms. The van der Waals surface area contributed by atoms with Crippen LogP contribution < -0.4 is 0 Å². The molecule has 4 aliphatic carbocycles. The Hall–Kier alpha value is -0.620. The van der Waals surface area contributed by atoms with Crippen molar-refractivity contribution in [2.45, 2.75) is 62.8 Å². The van der Waals surface area contributed by atoms with E-state index in [1.165, 1.54) is 38.5 Å². The summed E-state index contributed by atoms with van der Waals surface area (Å²) >= 11 is 6.18. The van der Waals surface area contributed by atoms with Gasteiger partial charge in [-0.1, -0.05) is 11.6 Å². The first-order valence-corrected chi connectivity index (χ1v) is 12.6. The maximum Gasteiger partial charge on any atom is 0.243 e. The molecule has 1 heterocycles. The summed E-state index contributed by atoms with van der Waals surface area (Å²) in [6, 6.07) is 3.51. The number of sulfonamides is 1. The van der Waals surface area contributed by atoms with Gasteiger partial charge in [0.05, 0.1) is 4.90 Å². The zero-order chi connectivity index (χ0) is 19.7. The average molecular weight is 423 g/mol. The molecular weight excluding hydrogens is 392 g/mol. The summed E-state index contributed by atoms with van der Waals surface area (Å²) in [5.41, 5.74) is 1.93. The molecule has 0 radical (unpaired) electrons. The second-order valence-corrected chi connectivity index (χ2v) is 12.2. The fraction of sp³-hybridized carbons (Fsp3) is 0.727. The van der Waals surface area contributed by atoms with Gasteiger partial charge in [-0.3, -0.25) is 4.90 Å². The Morgan fingerprint density at radius 3 is 1.96 bits per heavy atom. The van der Waals surface area contributed by atoms with E-state index < -0.39 is 10.0 Å². The van der Waals surface area contributed by atoms with Crippen molar-refractivity contribution in [2.24, 2.45) is 17.8 Å². The van der Waals surface area contributed by atoms with E-state index in [-0.39, 0.29) is 0 Å². The topological polar surface area (TPSA) is 40.6 Å². The van der Waals surface area contributed by atoms with Gasteiger partial charge < -0.3 is 0 Å². The smallest absolute Gasteiger partial charge is 0.243 e. The van der Waals surface area contributed by atoms with Crippen LogP contribution in [0, 0.1) is 31.6 Å². The van der Waals surface area contributed by atoms with Crippen LogP contribution >= 0.6 is 11.6 Å². The number of benzene rings is 1. The Morgan fingerprint density at radius 2 is 1.43 bits per heavy atom. The molecule has 5 fully saturated rings. The summed E-state index contributed by atoms with van der Waals surface area (Å²) in [6.45, 7) is 6.65. The van der Waals surface area contributed by atoms with Crippen molar-refractivity contribution in [3.63, 3.8) is 0 Å². The van der Waals surface area contributed by atoms with Crippen molar-refractivity contribution in [1.82, 2.24) is 9.21 Å². The molecule has 1 aromatic carbocycles. The van der Waals surface area contributed by atoms with Gasteiger partial charge in [-0.15, -0.1) is 0 Å². The van der Waals surface area contributed by atoms with Gasteiger partial charge in [0.1, 0.15) is 0 Å². The van der Waals surface area contributed by atoms with E-state index >= 15 is 0 Å². The lowest BCUT2D eigenvalue weighted by atomic mass is 9.52. The molecule has 4 nitrogen and oxygen atoms in total. The second-order valence-electron chi connectivity index (χ2n) is 9.90. The van der Waals surface area contributed by atoms with E-state index in [9.17, 15) is 8.42 Å². The quantitative estimate of drug-likeness (QED) is 0.731. The zero-order valence-electron chi connectivity index (χ0n) is 17.0. The summed E-state index contributed by atoms with van der Waals surface area (Å²) in [7, 11) is -3.46. The molecule has 0 amide bonds. The number of piperazine rings is 1. The van der Waals surface area contributed by atoms with Gasteiger partial charge in [0.2, 0.25) is 10.0 Å². The Bertz CT molecular complexity index is 855. The summed E-state index contributed by atoms with van der Waals surface area (Å²) in [5, 5.41) is 0.628. The van der Waals surface area contributed by atoms with Gasteiger partial charge >= 0.3 is 0 Å². The van der Waals surface area contributed by atoms with Crippen molar-refractivity contribution in [3.05, 3.63) is 28.3 Å². The summed E-state index contributed by atoms with van der Waals surface area (Å²) < 4.78 is 28.3. The van der Waals surface area contributed by atoms with Gasteiger partial charge in [-0.2, -0.15) is 4.31 Å². The normalized spacial score (nSPS) is 36.2. The molecule has 4 saturated carbocycles. The molecule has 4 bridgehead atoms. The minimum Gasteiger partial charge on any atom is -0.295 e.